The van der Waals surface area contributed by atoms with Gasteiger partial charge in [-0.3, -0.25) is 4.99 Å². The second-order valence-corrected chi connectivity index (χ2v) is 5.14. The van der Waals surface area contributed by atoms with Gasteiger partial charge in [0.2, 0.25) is 6.79 Å². The van der Waals surface area contributed by atoms with Gasteiger partial charge < -0.3 is 15.2 Å². The van der Waals surface area contributed by atoms with Gasteiger partial charge in [0.1, 0.15) is 0 Å². The lowest BCUT2D eigenvalue weighted by Crippen LogP contribution is -2.28. The Bertz CT molecular complexity index is 447. The van der Waals surface area contributed by atoms with E-state index in [1.807, 2.05) is 39.0 Å². The Balaban J connectivity index is 2.10. The van der Waals surface area contributed by atoms with E-state index in [0.717, 1.165) is 17.1 Å². The molecule has 0 unspecified atom stereocenters. The Morgan fingerprint density at radius 3 is 2.71 bits per heavy atom. The second kappa shape index (κ2) is 4.28. The fraction of sp³-hybridized carbons (Fsp3) is 0.462. The molecule has 0 amide bonds. The highest BCUT2D eigenvalue weighted by molar-refractivity contribution is 5.85. The largest absolute Gasteiger partial charge is 0.454 e. The van der Waals surface area contributed by atoms with Gasteiger partial charge in [0, 0.05) is 5.41 Å². The van der Waals surface area contributed by atoms with Crippen molar-refractivity contribution in [3.05, 3.63) is 23.8 Å². The zero-order valence-electron chi connectivity index (χ0n) is 10.5. The van der Waals surface area contributed by atoms with Gasteiger partial charge in [-0.25, -0.2) is 0 Å². The topological polar surface area (TPSA) is 56.8 Å². The maximum absolute atomic E-state index is 5.91. The molecule has 4 heteroatoms. The van der Waals surface area contributed by atoms with Gasteiger partial charge in [-0.2, -0.15) is 0 Å². The molecule has 0 radical (unpaired) electrons. The monoisotopic (exact) mass is 234 g/mol. The summed E-state index contributed by atoms with van der Waals surface area (Å²) in [5.41, 5.74) is 6.89. The lowest BCUT2D eigenvalue weighted by molar-refractivity contribution is 0.174. The average molecular weight is 234 g/mol. The van der Waals surface area contributed by atoms with Crippen molar-refractivity contribution in [1.82, 2.24) is 0 Å². The second-order valence-electron chi connectivity index (χ2n) is 5.14. The van der Waals surface area contributed by atoms with Gasteiger partial charge in [0.05, 0.1) is 12.4 Å². The number of hydrogen-bond donors (Lipinski definition) is 1. The number of benzene rings is 1. The Hall–Kier alpha value is -1.71. The molecule has 1 aromatic rings. The molecule has 17 heavy (non-hydrogen) atoms. The molecule has 0 atom stereocenters. The highest BCUT2D eigenvalue weighted by Gasteiger charge is 2.16. The summed E-state index contributed by atoms with van der Waals surface area (Å²) in [5.74, 6) is 2.24. The lowest BCUT2D eigenvalue weighted by atomic mass is 9.95. The molecule has 0 saturated carbocycles. The number of nitrogens with zero attached hydrogens (tertiary/aromatic N) is 1. The Labute approximate surface area is 101 Å². The number of aliphatic imine (C=N–C) groups is 1. The van der Waals surface area contributed by atoms with Gasteiger partial charge in [-0.15, -0.1) is 0 Å². The van der Waals surface area contributed by atoms with Crippen molar-refractivity contribution in [2.75, 3.05) is 6.79 Å². The van der Waals surface area contributed by atoms with E-state index in [-0.39, 0.29) is 5.41 Å². The molecular formula is C13H18N2O2. The third-order valence-corrected chi connectivity index (χ3v) is 2.64. The van der Waals surface area contributed by atoms with E-state index in [1.54, 1.807) is 0 Å². The average Bonchev–Trinajstić information content (AvgIpc) is 2.71. The first kappa shape index (κ1) is 11.8. The van der Waals surface area contributed by atoms with E-state index < -0.39 is 0 Å². The summed E-state index contributed by atoms with van der Waals surface area (Å²) >= 11 is 0. The highest BCUT2D eigenvalue weighted by Crippen LogP contribution is 2.32. The zero-order chi connectivity index (χ0) is 12.5. The molecule has 92 valence electrons. The minimum atomic E-state index is -0.0870. The Kier molecular flexibility index (Phi) is 2.96. The first-order valence-electron chi connectivity index (χ1n) is 5.66. The molecule has 1 aliphatic rings. The third-order valence-electron chi connectivity index (χ3n) is 2.64. The van der Waals surface area contributed by atoms with Crippen LogP contribution in [0.15, 0.2) is 23.2 Å². The predicted octanol–water partition coefficient (Wildman–Crippen LogP) is 2.32. The number of rotatable bonds is 2. The van der Waals surface area contributed by atoms with Crippen LogP contribution in [0.3, 0.4) is 0 Å². The smallest absolute Gasteiger partial charge is 0.231 e. The van der Waals surface area contributed by atoms with E-state index in [1.165, 1.54) is 0 Å². The van der Waals surface area contributed by atoms with Crippen LogP contribution in [0.25, 0.3) is 0 Å². The van der Waals surface area contributed by atoms with Crippen molar-refractivity contribution in [1.29, 1.82) is 0 Å². The van der Waals surface area contributed by atoms with E-state index in [9.17, 15) is 0 Å². The number of ether oxygens (including phenoxy) is 2. The van der Waals surface area contributed by atoms with Crippen LogP contribution >= 0.6 is 0 Å². The summed E-state index contributed by atoms with van der Waals surface area (Å²) in [5, 5.41) is 0. The standard InChI is InChI=1S/C13H18N2O2/c1-13(2,3)12(14)15-7-9-4-5-10-11(6-9)17-8-16-10/h4-6H,7-8H2,1-3H3,(H2,14,15). The molecule has 0 fully saturated rings. The van der Waals surface area contributed by atoms with Crippen molar-refractivity contribution in [3.8, 4) is 11.5 Å². The quantitative estimate of drug-likeness (QED) is 0.631. The van der Waals surface area contributed by atoms with Crippen LogP contribution in [0, 0.1) is 5.41 Å². The molecule has 1 aromatic carbocycles. The summed E-state index contributed by atoms with van der Waals surface area (Å²) in [4.78, 5) is 4.39. The fourth-order valence-electron chi connectivity index (χ4n) is 1.45. The maximum atomic E-state index is 5.91. The van der Waals surface area contributed by atoms with Crippen molar-refractivity contribution in [2.45, 2.75) is 27.3 Å². The molecule has 0 saturated heterocycles. The van der Waals surface area contributed by atoms with Crippen LogP contribution in [0.2, 0.25) is 0 Å². The number of hydrogen-bond acceptors (Lipinski definition) is 3. The summed E-state index contributed by atoms with van der Waals surface area (Å²) in [6.07, 6.45) is 0. The molecule has 4 nitrogen and oxygen atoms in total. The van der Waals surface area contributed by atoms with E-state index in [0.29, 0.717) is 19.2 Å². The fourth-order valence-corrected chi connectivity index (χ4v) is 1.45. The molecule has 0 bridgehead atoms. The van der Waals surface area contributed by atoms with Gasteiger partial charge >= 0.3 is 0 Å². The third kappa shape index (κ3) is 2.70. The van der Waals surface area contributed by atoms with Crippen LogP contribution in [0.4, 0.5) is 0 Å². The Morgan fingerprint density at radius 2 is 2.00 bits per heavy atom. The highest BCUT2D eigenvalue weighted by atomic mass is 16.7. The first-order valence-corrected chi connectivity index (χ1v) is 5.66. The summed E-state index contributed by atoms with van der Waals surface area (Å²) in [6, 6.07) is 5.83. The van der Waals surface area contributed by atoms with Gasteiger partial charge in [-0.1, -0.05) is 26.8 Å². The molecule has 0 aliphatic carbocycles. The van der Waals surface area contributed by atoms with Crippen LogP contribution in [-0.4, -0.2) is 12.6 Å². The Morgan fingerprint density at radius 1 is 1.29 bits per heavy atom. The number of amidine groups is 1. The van der Waals surface area contributed by atoms with Crippen LogP contribution < -0.4 is 15.2 Å². The minimum Gasteiger partial charge on any atom is -0.454 e. The van der Waals surface area contributed by atoms with Crippen molar-refractivity contribution in [2.24, 2.45) is 16.1 Å². The van der Waals surface area contributed by atoms with E-state index in [4.69, 9.17) is 15.2 Å². The SMILES string of the molecule is CC(C)(C)C(N)=NCc1ccc2c(c1)OCO2. The van der Waals surface area contributed by atoms with Crippen molar-refractivity contribution < 1.29 is 9.47 Å². The number of fused-ring (bicyclic) bond motifs is 1. The minimum absolute atomic E-state index is 0.0870. The molecule has 2 rings (SSSR count). The van der Waals surface area contributed by atoms with Crippen LogP contribution in [-0.2, 0) is 6.54 Å². The molecular weight excluding hydrogens is 216 g/mol. The van der Waals surface area contributed by atoms with Gasteiger partial charge in [0.15, 0.2) is 11.5 Å². The molecule has 0 aromatic heterocycles. The van der Waals surface area contributed by atoms with Crippen LogP contribution in [0.5, 0.6) is 11.5 Å². The molecule has 0 spiro atoms. The first-order chi connectivity index (χ1) is 7.97. The maximum Gasteiger partial charge on any atom is 0.231 e. The lowest BCUT2D eigenvalue weighted by Gasteiger charge is -2.17. The summed E-state index contributed by atoms with van der Waals surface area (Å²) in [6.45, 7) is 7.01. The predicted molar refractivity (Wildman–Crippen MR) is 67.3 cm³/mol. The van der Waals surface area contributed by atoms with Crippen molar-refractivity contribution >= 4 is 5.84 Å². The zero-order valence-corrected chi connectivity index (χ0v) is 10.5. The molecule has 1 aliphatic heterocycles. The summed E-state index contributed by atoms with van der Waals surface area (Å²) < 4.78 is 10.6. The normalized spacial score (nSPS) is 15.1. The molecule has 2 N–H and O–H groups in total. The van der Waals surface area contributed by atoms with Gasteiger partial charge in [0.25, 0.3) is 0 Å². The van der Waals surface area contributed by atoms with Crippen LogP contribution in [0.1, 0.15) is 26.3 Å². The van der Waals surface area contributed by atoms with Gasteiger partial charge in [-0.05, 0) is 17.7 Å². The van der Waals surface area contributed by atoms with Crippen molar-refractivity contribution in [3.63, 3.8) is 0 Å². The summed E-state index contributed by atoms with van der Waals surface area (Å²) in [7, 11) is 0. The molecule has 1 heterocycles. The van der Waals surface area contributed by atoms with E-state index in [2.05, 4.69) is 4.99 Å². The van der Waals surface area contributed by atoms with E-state index >= 15 is 0 Å². The number of nitrogens with two attached hydrogens (primary N) is 1.